The van der Waals surface area contributed by atoms with Gasteiger partial charge < -0.3 is 9.64 Å². The van der Waals surface area contributed by atoms with E-state index in [4.69, 9.17) is 4.74 Å². The van der Waals surface area contributed by atoms with E-state index >= 15 is 0 Å². The highest BCUT2D eigenvalue weighted by Gasteiger charge is 2.21. The standard InChI is InChI=1S/C27H38N4O3S/c1-20(2)17-22-11-14-26-25(18-31(4)28-26)27(22)29-35(32,33)24-12-9-21(10-13-24)7-6-16-34-19-23-8-5-15-30(23)3/h9-14,18,20,23,29H,5-8,15-17,19H2,1-4H3/t23-/m0/s1. The number of benzene rings is 2. The van der Waals surface area contributed by atoms with Crippen LogP contribution in [0, 0.1) is 5.92 Å². The van der Waals surface area contributed by atoms with Gasteiger partial charge in [-0.05, 0) is 80.9 Å². The largest absolute Gasteiger partial charge is 0.380 e. The van der Waals surface area contributed by atoms with Crippen LogP contribution in [-0.2, 0) is 34.6 Å². The van der Waals surface area contributed by atoms with E-state index in [1.807, 2.05) is 37.5 Å². The Morgan fingerprint density at radius 2 is 1.91 bits per heavy atom. The Morgan fingerprint density at radius 1 is 1.14 bits per heavy atom. The number of aromatic nitrogens is 2. The van der Waals surface area contributed by atoms with Gasteiger partial charge in [-0.25, -0.2) is 8.42 Å². The maximum Gasteiger partial charge on any atom is 0.261 e. The molecule has 0 bridgehead atoms. The maximum absolute atomic E-state index is 13.3. The molecule has 1 aliphatic heterocycles. The van der Waals surface area contributed by atoms with Gasteiger partial charge in [0.2, 0.25) is 0 Å². The molecule has 0 spiro atoms. The van der Waals surface area contributed by atoms with Crippen LogP contribution in [0.2, 0.25) is 0 Å². The van der Waals surface area contributed by atoms with Gasteiger partial charge in [0.15, 0.2) is 0 Å². The van der Waals surface area contributed by atoms with E-state index < -0.39 is 10.0 Å². The lowest BCUT2D eigenvalue weighted by molar-refractivity contribution is 0.0844. The Bertz CT molecular complexity index is 1240. The molecule has 1 fully saturated rings. The van der Waals surface area contributed by atoms with Crippen LogP contribution in [0.3, 0.4) is 0 Å². The third-order valence-electron chi connectivity index (χ3n) is 6.72. The number of fused-ring (bicyclic) bond motifs is 1. The van der Waals surface area contributed by atoms with Crippen LogP contribution in [0.5, 0.6) is 0 Å². The average Bonchev–Trinajstić information content (AvgIpc) is 3.39. The van der Waals surface area contributed by atoms with Crippen molar-refractivity contribution in [2.45, 2.75) is 56.9 Å². The second kappa shape index (κ2) is 11.1. The molecule has 3 aromatic rings. The molecule has 0 radical (unpaired) electrons. The van der Waals surface area contributed by atoms with Gasteiger partial charge in [0, 0.05) is 31.3 Å². The molecule has 2 heterocycles. The summed E-state index contributed by atoms with van der Waals surface area (Å²) in [5.74, 6) is 0.398. The molecule has 2 aromatic carbocycles. The summed E-state index contributed by atoms with van der Waals surface area (Å²) in [6, 6.07) is 11.7. The zero-order valence-electron chi connectivity index (χ0n) is 21.3. The predicted octanol–water partition coefficient (Wildman–Crippen LogP) is 4.62. The smallest absolute Gasteiger partial charge is 0.261 e. The van der Waals surface area contributed by atoms with Crippen LogP contribution in [0.15, 0.2) is 47.5 Å². The minimum Gasteiger partial charge on any atom is -0.380 e. The number of sulfonamides is 1. The van der Waals surface area contributed by atoms with Crippen LogP contribution < -0.4 is 4.72 Å². The maximum atomic E-state index is 13.3. The summed E-state index contributed by atoms with van der Waals surface area (Å²) in [6.07, 6.45) is 6.90. The van der Waals surface area contributed by atoms with Crippen LogP contribution in [-0.4, -0.2) is 55.9 Å². The molecule has 1 saturated heterocycles. The number of anilines is 1. The number of likely N-dealkylation sites (tertiary alicyclic amines) is 1. The minimum atomic E-state index is -3.73. The average molecular weight is 499 g/mol. The monoisotopic (exact) mass is 498 g/mol. The second-order valence-electron chi connectivity index (χ2n) is 10.1. The van der Waals surface area contributed by atoms with Crippen molar-refractivity contribution in [3.05, 3.63) is 53.7 Å². The number of hydrogen-bond acceptors (Lipinski definition) is 5. The summed E-state index contributed by atoms with van der Waals surface area (Å²) in [5.41, 5.74) is 3.48. The van der Waals surface area contributed by atoms with Gasteiger partial charge in [-0.1, -0.05) is 32.0 Å². The van der Waals surface area contributed by atoms with Gasteiger partial charge in [-0.3, -0.25) is 9.40 Å². The molecule has 0 unspecified atom stereocenters. The molecule has 1 aromatic heterocycles. The van der Waals surface area contributed by atoms with Crippen LogP contribution in [0.25, 0.3) is 10.9 Å². The highest BCUT2D eigenvalue weighted by Crippen LogP contribution is 2.31. The first-order chi connectivity index (χ1) is 16.7. The number of likely N-dealkylation sites (N-methyl/N-ethyl adjacent to an activating group) is 1. The molecular formula is C27H38N4O3S. The van der Waals surface area contributed by atoms with E-state index in [-0.39, 0.29) is 4.90 Å². The Hall–Kier alpha value is -2.42. The van der Waals surface area contributed by atoms with E-state index in [1.165, 1.54) is 12.8 Å². The molecule has 35 heavy (non-hydrogen) atoms. The van der Waals surface area contributed by atoms with E-state index in [9.17, 15) is 8.42 Å². The van der Waals surface area contributed by atoms with Gasteiger partial charge in [0.05, 0.1) is 22.7 Å². The van der Waals surface area contributed by atoms with Crippen molar-refractivity contribution in [3.63, 3.8) is 0 Å². The quantitative estimate of drug-likeness (QED) is 0.391. The van der Waals surface area contributed by atoms with Gasteiger partial charge in [-0.15, -0.1) is 0 Å². The van der Waals surface area contributed by atoms with E-state index in [1.54, 1.807) is 16.8 Å². The summed E-state index contributed by atoms with van der Waals surface area (Å²) < 4.78 is 37.0. The first kappa shape index (κ1) is 25.7. The van der Waals surface area contributed by atoms with Gasteiger partial charge in [0.1, 0.15) is 0 Å². The third-order valence-corrected chi connectivity index (χ3v) is 8.09. The summed E-state index contributed by atoms with van der Waals surface area (Å²) in [4.78, 5) is 2.63. The van der Waals surface area contributed by atoms with Gasteiger partial charge in [-0.2, -0.15) is 5.10 Å². The zero-order chi connectivity index (χ0) is 25.0. The number of rotatable bonds is 11. The molecule has 0 aliphatic carbocycles. The zero-order valence-corrected chi connectivity index (χ0v) is 22.1. The van der Waals surface area contributed by atoms with Crippen LogP contribution >= 0.6 is 0 Å². The third kappa shape index (κ3) is 6.42. The fourth-order valence-electron chi connectivity index (χ4n) is 4.80. The molecular weight excluding hydrogens is 460 g/mol. The lowest BCUT2D eigenvalue weighted by Crippen LogP contribution is -2.29. The normalized spacial score (nSPS) is 17.0. The first-order valence-corrected chi connectivity index (χ1v) is 14.1. The number of hydrogen-bond donors (Lipinski definition) is 1. The fraction of sp³-hybridized carbons (Fsp3) is 0.519. The number of ether oxygens (including phenoxy) is 1. The van der Waals surface area contributed by atoms with Crippen molar-refractivity contribution in [3.8, 4) is 0 Å². The van der Waals surface area contributed by atoms with Crippen LogP contribution in [0.1, 0.15) is 44.2 Å². The molecule has 8 heteroatoms. The van der Waals surface area contributed by atoms with E-state index in [0.717, 1.165) is 61.1 Å². The summed E-state index contributed by atoms with van der Waals surface area (Å²) in [7, 11) is 0.274. The van der Waals surface area contributed by atoms with Crippen molar-refractivity contribution < 1.29 is 13.2 Å². The fourth-order valence-corrected chi connectivity index (χ4v) is 5.93. The van der Waals surface area contributed by atoms with Crippen molar-refractivity contribution in [2.75, 3.05) is 31.5 Å². The first-order valence-electron chi connectivity index (χ1n) is 12.6. The lowest BCUT2D eigenvalue weighted by atomic mass is 10.00. The molecule has 1 atom stereocenters. The molecule has 7 nitrogen and oxygen atoms in total. The van der Waals surface area contributed by atoms with E-state index in [2.05, 4.69) is 35.6 Å². The molecule has 1 N–H and O–H groups in total. The highest BCUT2D eigenvalue weighted by molar-refractivity contribution is 7.92. The van der Waals surface area contributed by atoms with Crippen molar-refractivity contribution >= 4 is 26.6 Å². The number of nitrogens with zero attached hydrogens (tertiary/aromatic N) is 3. The molecule has 0 amide bonds. The minimum absolute atomic E-state index is 0.262. The predicted molar refractivity (Wildman–Crippen MR) is 141 cm³/mol. The molecule has 1 aliphatic rings. The second-order valence-corrected chi connectivity index (χ2v) is 11.8. The topological polar surface area (TPSA) is 76.5 Å². The number of aryl methyl sites for hydroxylation is 2. The number of nitrogens with one attached hydrogen (secondary N) is 1. The molecule has 190 valence electrons. The Labute approximate surface area is 209 Å². The van der Waals surface area contributed by atoms with Crippen LogP contribution in [0.4, 0.5) is 5.69 Å². The highest BCUT2D eigenvalue weighted by atomic mass is 32.2. The summed E-state index contributed by atoms with van der Waals surface area (Å²) >= 11 is 0. The van der Waals surface area contributed by atoms with Crippen molar-refractivity contribution in [1.82, 2.24) is 14.7 Å². The summed E-state index contributed by atoms with van der Waals surface area (Å²) in [5, 5.41) is 5.26. The van der Waals surface area contributed by atoms with E-state index in [0.29, 0.717) is 17.6 Å². The lowest BCUT2D eigenvalue weighted by Gasteiger charge is -2.19. The van der Waals surface area contributed by atoms with Crippen molar-refractivity contribution in [1.29, 1.82) is 0 Å². The SMILES string of the molecule is CC(C)Cc1ccc2nn(C)cc2c1NS(=O)(=O)c1ccc(CCCOC[C@@H]2CCCN2C)cc1. The Morgan fingerprint density at radius 3 is 2.60 bits per heavy atom. The summed E-state index contributed by atoms with van der Waals surface area (Å²) in [6.45, 7) is 6.93. The van der Waals surface area contributed by atoms with Gasteiger partial charge >= 0.3 is 0 Å². The Balaban J connectivity index is 1.40. The molecule has 4 rings (SSSR count). The van der Waals surface area contributed by atoms with Crippen molar-refractivity contribution in [2.24, 2.45) is 13.0 Å². The molecule has 0 saturated carbocycles. The Kier molecular flexibility index (Phi) is 8.14. The van der Waals surface area contributed by atoms with Gasteiger partial charge in [0.25, 0.3) is 10.0 Å².